The fourth-order valence-corrected chi connectivity index (χ4v) is 5.91. The van der Waals surface area contributed by atoms with Crippen LogP contribution in [0, 0.1) is 13.8 Å². The number of rotatable bonds is 9. The van der Waals surface area contributed by atoms with Gasteiger partial charge in [0, 0.05) is 17.8 Å². The van der Waals surface area contributed by atoms with E-state index in [2.05, 4.69) is 35.6 Å². The molecule has 1 amide bonds. The zero-order valence-electron chi connectivity index (χ0n) is 20.9. The molecule has 188 valence electrons. The molecule has 0 saturated heterocycles. The minimum absolute atomic E-state index is 0.168. The van der Waals surface area contributed by atoms with Gasteiger partial charge in [0.15, 0.2) is 5.13 Å². The Morgan fingerprint density at radius 1 is 0.944 bits per heavy atom. The smallest absolute Gasteiger partial charge is 0.261 e. The van der Waals surface area contributed by atoms with Gasteiger partial charge in [0.2, 0.25) is 0 Å². The SMILES string of the molecule is Cc1cc2nc(N(CCCN(C)C)C(=O)c3ccc(NS(=O)(=O)c4ccccc4)cc3)sc2cc1C. The maximum atomic E-state index is 13.6. The maximum Gasteiger partial charge on any atom is 0.261 e. The summed E-state index contributed by atoms with van der Waals surface area (Å²) in [5.74, 6) is -0.168. The first-order valence-corrected chi connectivity index (χ1v) is 14.0. The van der Waals surface area contributed by atoms with E-state index in [1.807, 2.05) is 14.1 Å². The molecule has 0 atom stereocenters. The van der Waals surface area contributed by atoms with Crippen molar-refractivity contribution in [2.24, 2.45) is 0 Å². The van der Waals surface area contributed by atoms with E-state index in [1.54, 1.807) is 47.4 Å². The summed E-state index contributed by atoms with van der Waals surface area (Å²) < 4.78 is 28.9. The van der Waals surface area contributed by atoms with Crippen molar-refractivity contribution < 1.29 is 13.2 Å². The molecular formula is C27H30N4O3S2. The summed E-state index contributed by atoms with van der Waals surface area (Å²) in [5.41, 5.74) is 4.10. The molecule has 3 aromatic carbocycles. The molecule has 0 unspecified atom stereocenters. The van der Waals surface area contributed by atoms with Crippen molar-refractivity contribution in [2.75, 3.05) is 36.8 Å². The minimum Gasteiger partial charge on any atom is -0.309 e. The van der Waals surface area contributed by atoms with Gasteiger partial charge < -0.3 is 4.90 Å². The number of benzene rings is 3. The van der Waals surface area contributed by atoms with Crippen molar-refractivity contribution in [2.45, 2.75) is 25.2 Å². The predicted octanol–water partition coefficient (Wildman–Crippen LogP) is 5.31. The number of nitrogens with zero attached hydrogens (tertiary/aromatic N) is 3. The van der Waals surface area contributed by atoms with Crippen LogP contribution in [0.15, 0.2) is 71.6 Å². The summed E-state index contributed by atoms with van der Waals surface area (Å²) in [6.07, 6.45) is 0.793. The van der Waals surface area contributed by atoms with Crippen LogP contribution in [0.4, 0.5) is 10.8 Å². The van der Waals surface area contributed by atoms with Crippen LogP contribution in [-0.2, 0) is 10.0 Å². The van der Waals surface area contributed by atoms with Crippen LogP contribution < -0.4 is 9.62 Å². The lowest BCUT2D eigenvalue weighted by Crippen LogP contribution is -2.33. The third-order valence-corrected chi connectivity index (χ3v) is 8.33. The van der Waals surface area contributed by atoms with E-state index >= 15 is 0 Å². The lowest BCUT2D eigenvalue weighted by molar-refractivity contribution is 0.0986. The molecular weight excluding hydrogens is 492 g/mol. The monoisotopic (exact) mass is 522 g/mol. The number of amides is 1. The number of fused-ring (bicyclic) bond motifs is 1. The topological polar surface area (TPSA) is 82.6 Å². The van der Waals surface area contributed by atoms with E-state index in [1.165, 1.54) is 34.6 Å². The van der Waals surface area contributed by atoms with Crippen LogP contribution in [0.2, 0.25) is 0 Å². The first-order valence-electron chi connectivity index (χ1n) is 11.7. The molecule has 0 aliphatic carbocycles. The summed E-state index contributed by atoms with van der Waals surface area (Å²) >= 11 is 1.51. The van der Waals surface area contributed by atoms with E-state index in [-0.39, 0.29) is 10.8 Å². The quantitative estimate of drug-likeness (QED) is 0.322. The summed E-state index contributed by atoms with van der Waals surface area (Å²) in [7, 11) is 0.303. The van der Waals surface area contributed by atoms with Gasteiger partial charge in [0.25, 0.3) is 15.9 Å². The molecule has 0 saturated carbocycles. The van der Waals surface area contributed by atoms with Crippen LogP contribution in [-0.4, -0.2) is 51.4 Å². The molecule has 0 radical (unpaired) electrons. The number of thiazole rings is 1. The van der Waals surface area contributed by atoms with Crippen molar-refractivity contribution in [3.05, 3.63) is 83.4 Å². The van der Waals surface area contributed by atoms with Crippen molar-refractivity contribution in [1.29, 1.82) is 0 Å². The molecule has 0 bridgehead atoms. The van der Waals surface area contributed by atoms with E-state index in [0.717, 1.165) is 23.2 Å². The number of aromatic nitrogens is 1. The highest BCUT2D eigenvalue weighted by molar-refractivity contribution is 7.92. The lowest BCUT2D eigenvalue weighted by Gasteiger charge is -2.21. The third-order valence-electron chi connectivity index (χ3n) is 5.89. The van der Waals surface area contributed by atoms with Crippen LogP contribution >= 0.6 is 11.3 Å². The molecule has 0 spiro atoms. The summed E-state index contributed by atoms with van der Waals surface area (Å²) in [6.45, 7) is 5.49. The Balaban J connectivity index is 1.59. The fraction of sp³-hybridized carbons (Fsp3) is 0.259. The van der Waals surface area contributed by atoms with E-state index in [9.17, 15) is 13.2 Å². The fourth-order valence-electron chi connectivity index (χ4n) is 3.76. The predicted molar refractivity (Wildman–Crippen MR) is 148 cm³/mol. The average molecular weight is 523 g/mol. The molecule has 9 heteroatoms. The number of sulfonamides is 1. The van der Waals surface area contributed by atoms with Gasteiger partial charge in [0.05, 0.1) is 15.1 Å². The number of anilines is 2. The van der Waals surface area contributed by atoms with E-state index in [4.69, 9.17) is 4.98 Å². The summed E-state index contributed by atoms with van der Waals surface area (Å²) in [5, 5.41) is 0.660. The Hall–Kier alpha value is -3.27. The highest BCUT2D eigenvalue weighted by Crippen LogP contribution is 2.32. The Morgan fingerprint density at radius 2 is 1.61 bits per heavy atom. The van der Waals surface area contributed by atoms with Crippen molar-refractivity contribution in [3.63, 3.8) is 0 Å². The van der Waals surface area contributed by atoms with Crippen molar-refractivity contribution in [1.82, 2.24) is 9.88 Å². The number of hydrogen-bond donors (Lipinski definition) is 1. The van der Waals surface area contributed by atoms with Gasteiger partial charge >= 0.3 is 0 Å². The molecule has 0 aliphatic heterocycles. The number of hydrogen-bond acceptors (Lipinski definition) is 6. The van der Waals surface area contributed by atoms with Crippen LogP contribution in [0.3, 0.4) is 0 Å². The van der Waals surface area contributed by atoms with E-state index < -0.39 is 10.0 Å². The van der Waals surface area contributed by atoms with Crippen LogP contribution in [0.1, 0.15) is 27.9 Å². The molecule has 36 heavy (non-hydrogen) atoms. The zero-order chi connectivity index (χ0) is 25.9. The number of aryl methyl sites for hydroxylation is 2. The molecule has 1 N–H and O–H groups in total. The average Bonchev–Trinajstić information content (AvgIpc) is 3.24. The van der Waals surface area contributed by atoms with Gasteiger partial charge in [0.1, 0.15) is 0 Å². The number of carbonyl (C=O) groups excluding carboxylic acids is 1. The van der Waals surface area contributed by atoms with Crippen LogP contribution in [0.25, 0.3) is 10.2 Å². The van der Waals surface area contributed by atoms with Crippen molar-refractivity contribution >= 4 is 48.3 Å². The standard InChI is InChI=1S/C27H30N4O3S2/c1-19-17-24-25(18-20(19)2)35-27(28-24)31(16-8-15-30(3)4)26(32)21-11-13-22(14-12-21)29-36(33,34)23-9-6-5-7-10-23/h5-7,9-14,17-18,29H,8,15-16H2,1-4H3. The number of nitrogens with one attached hydrogen (secondary N) is 1. The third kappa shape index (κ3) is 5.92. The largest absolute Gasteiger partial charge is 0.309 e. The van der Waals surface area contributed by atoms with Gasteiger partial charge in [-0.1, -0.05) is 29.5 Å². The van der Waals surface area contributed by atoms with Gasteiger partial charge in [-0.15, -0.1) is 0 Å². The Morgan fingerprint density at radius 3 is 2.28 bits per heavy atom. The van der Waals surface area contributed by atoms with Gasteiger partial charge in [-0.2, -0.15) is 0 Å². The molecule has 7 nitrogen and oxygen atoms in total. The minimum atomic E-state index is -3.71. The normalized spacial score (nSPS) is 11.7. The summed E-state index contributed by atoms with van der Waals surface area (Å²) in [4.78, 5) is 22.4. The first kappa shape index (κ1) is 25.8. The maximum absolute atomic E-state index is 13.6. The molecule has 1 aromatic heterocycles. The summed E-state index contributed by atoms with van der Waals surface area (Å²) in [6, 6.07) is 18.8. The van der Waals surface area contributed by atoms with E-state index in [0.29, 0.717) is 22.9 Å². The van der Waals surface area contributed by atoms with Crippen LogP contribution in [0.5, 0.6) is 0 Å². The first-order chi connectivity index (χ1) is 17.1. The Bertz CT molecular complexity index is 1430. The number of carbonyl (C=O) groups is 1. The zero-order valence-corrected chi connectivity index (χ0v) is 22.5. The lowest BCUT2D eigenvalue weighted by atomic mass is 10.1. The van der Waals surface area contributed by atoms with Gasteiger partial charge in [-0.05, 0) is 101 Å². The Kier molecular flexibility index (Phi) is 7.73. The highest BCUT2D eigenvalue weighted by Gasteiger charge is 2.22. The molecule has 4 rings (SSSR count). The second-order valence-electron chi connectivity index (χ2n) is 9.01. The van der Waals surface area contributed by atoms with Gasteiger partial charge in [-0.3, -0.25) is 14.4 Å². The highest BCUT2D eigenvalue weighted by atomic mass is 32.2. The van der Waals surface area contributed by atoms with Gasteiger partial charge in [-0.25, -0.2) is 13.4 Å². The Labute approximate surface area is 216 Å². The second-order valence-corrected chi connectivity index (χ2v) is 11.7. The molecule has 0 fully saturated rings. The molecule has 1 heterocycles. The molecule has 0 aliphatic rings. The molecule has 4 aromatic rings. The second kappa shape index (κ2) is 10.8. The van der Waals surface area contributed by atoms with Crippen molar-refractivity contribution in [3.8, 4) is 0 Å².